The summed E-state index contributed by atoms with van der Waals surface area (Å²) in [7, 11) is 0. The Balaban J connectivity index is 4.32. The van der Waals surface area contributed by atoms with E-state index < -0.39 is 29.5 Å². The Labute approximate surface area is 79.2 Å². The summed E-state index contributed by atoms with van der Waals surface area (Å²) < 4.78 is 0. The third-order valence-electron chi connectivity index (χ3n) is 1.42. The zero-order valence-corrected chi connectivity index (χ0v) is 7.33. The summed E-state index contributed by atoms with van der Waals surface area (Å²) in [6, 6.07) is 0. The Morgan fingerprint density at radius 1 is 1.31 bits per heavy atom. The van der Waals surface area contributed by atoms with Gasteiger partial charge in [-0.3, -0.25) is 0 Å². The van der Waals surface area contributed by atoms with Gasteiger partial charge < -0.3 is 25.2 Å². The first-order valence-corrected chi connectivity index (χ1v) is 3.83. The number of aliphatic carboxylic acids is 1. The SMILES string of the molecule is O=C[C@H](O)[C@@H](O)[C@H](S)[C@H](O)C(=O)O. The normalized spacial score (nSPS) is 20.0. The average Bonchev–Trinajstić information content (AvgIpc) is 2.12. The molecular weight excluding hydrogens is 200 g/mol. The number of carboxylic acids is 1. The number of aliphatic hydroxyl groups is 3. The first-order chi connectivity index (χ1) is 5.91. The maximum atomic E-state index is 10.2. The van der Waals surface area contributed by atoms with Gasteiger partial charge in [-0.15, -0.1) is 0 Å². The molecule has 0 aromatic carbocycles. The van der Waals surface area contributed by atoms with Crippen LogP contribution in [-0.4, -0.2) is 56.2 Å². The van der Waals surface area contributed by atoms with Gasteiger partial charge in [0.15, 0.2) is 12.4 Å². The van der Waals surface area contributed by atoms with Gasteiger partial charge in [0.2, 0.25) is 0 Å². The highest BCUT2D eigenvalue weighted by molar-refractivity contribution is 7.81. The van der Waals surface area contributed by atoms with Crippen LogP contribution in [0.4, 0.5) is 0 Å². The molecule has 0 amide bonds. The van der Waals surface area contributed by atoms with Gasteiger partial charge >= 0.3 is 5.97 Å². The van der Waals surface area contributed by atoms with E-state index in [1.54, 1.807) is 0 Å². The van der Waals surface area contributed by atoms with Crippen LogP contribution in [0, 0.1) is 0 Å². The van der Waals surface area contributed by atoms with Crippen LogP contribution in [0.25, 0.3) is 0 Å². The number of carboxylic acid groups (broad SMARTS) is 1. The Hall–Kier alpha value is -0.630. The van der Waals surface area contributed by atoms with Gasteiger partial charge in [0.25, 0.3) is 0 Å². The van der Waals surface area contributed by atoms with E-state index in [2.05, 4.69) is 12.6 Å². The summed E-state index contributed by atoms with van der Waals surface area (Å²) in [5, 5.41) is 33.5. The fourth-order valence-electron chi connectivity index (χ4n) is 0.615. The standard InChI is InChI=1S/C6H10O6S/c7-1-2(8)3(9)5(13)4(10)6(11)12/h1-5,8-10,13H,(H,11,12)/t2-,3+,4-,5-/m0/s1. The first kappa shape index (κ1) is 12.4. The van der Waals surface area contributed by atoms with Crippen LogP contribution in [0.2, 0.25) is 0 Å². The molecule has 0 saturated heterocycles. The van der Waals surface area contributed by atoms with E-state index in [0.29, 0.717) is 0 Å². The molecule has 0 bridgehead atoms. The van der Waals surface area contributed by atoms with E-state index in [1.165, 1.54) is 0 Å². The Bertz CT molecular complexity index is 196. The Kier molecular flexibility index (Phi) is 4.92. The highest BCUT2D eigenvalue weighted by Crippen LogP contribution is 2.10. The maximum absolute atomic E-state index is 10.2. The molecule has 4 atom stereocenters. The molecule has 0 heterocycles. The minimum absolute atomic E-state index is 0.0302. The first-order valence-electron chi connectivity index (χ1n) is 3.32. The second-order valence-electron chi connectivity index (χ2n) is 2.39. The second-order valence-corrected chi connectivity index (χ2v) is 2.99. The van der Waals surface area contributed by atoms with Crippen molar-refractivity contribution in [3.8, 4) is 0 Å². The van der Waals surface area contributed by atoms with Crippen LogP contribution in [0.5, 0.6) is 0 Å². The quantitative estimate of drug-likeness (QED) is 0.256. The molecule has 76 valence electrons. The number of hydrogen-bond acceptors (Lipinski definition) is 6. The number of carbonyl (C=O) groups is 2. The predicted molar refractivity (Wildman–Crippen MR) is 44.5 cm³/mol. The highest BCUT2D eigenvalue weighted by atomic mass is 32.1. The molecule has 6 nitrogen and oxygen atoms in total. The number of thiol groups is 1. The monoisotopic (exact) mass is 210 g/mol. The van der Waals surface area contributed by atoms with Crippen molar-refractivity contribution >= 4 is 24.9 Å². The van der Waals surface area contributed by atoms with Gasteiger partial charge in [0.1, 0.15) is 12.2 Å². The molecule has 0 fully saturated rings. The lowest BCUT2D eigenvalue weighted by molar-refractivity contribution is -0.149. The smallest absolute Gasteiger partial charge is 0.333 e. The topological polar surface area (TPSA) is 115 Å². The van der Waals surface area contributed by atoms with Crippen LogP contribution in [0.1, 0.15) is 0 Å². The summed E-state index contributed by atoms with van der Waals surface area (Å²) in [5.74, 6) is -1.59. The molecule has 0 aliphatic carbocycles. The molecule has 0 aromatic rings. The van der Waals surface area contributed by atoms with Crippen LogP contribution >= 0.6 is 12.6 Å². The number of hydrogen-bond donors (Lipinski definition) is 5. The van der Waals surface area contributed by atoms with Gasteiger partial charge in [-0.1, -0.05) is 0 Å². The zero-order valence-electron chi connectivity index (χ0n) is 6.44. The third kappa shape index (κ3) is 3.31. The summed E-state index contributed by atoms with van der Waals surface area (Å²) in [5.41, 5.74) is 0. The van der Waals surface area contributed by atoms with Crippen molar-refractivity contribution in [1.82, 2.24) is 0 Å². The molecular formula is C6H10O6S. The Morgan fingerprint density at radius 3 is 2.08 bits per heavy atom. The largest absolute Gasteiger partial charge is 0.479 e. The van der Waals surface area contributed by atoms with Crippen LogP contribution in [0.3, 0.4) is 0 Å². The van der Waals surface area contributed by atoms with Crippen molar-refractivity contribution in [2.75, 3.05) is 0 Å². The highest BCUT2D eigenvalue weighted by Gasteiger charge is 2.32. The van der Waals surface area contributed by atoms with Gasteiger partial charge in [-0.25, -0.2) is 4.79 Å². The number of rotatable bonds is 5. The van der Waals surface area contributed by atoms with Crippen molar-refractivity contribution in [2.45, 2.75) is 23.6 Å². The number of carbonyl (C=O) groups excluding carboxylic acids is 1. The van der Waals surface area contributed by atoms with E-state index in [9.17, 15) is 9.59 Å². The lowest BCUT2D eigenvalue weighted by Crippen LogP contribution is -2.45. The van der Waals surface area contributed by atoms with Gasteiger partial charge in [-0.05, 0) is 0 Å². The minimum atomic E-state index is -1.94. The molecule has 0 aromatic heterocycles. The van der Waals surface area contributed by atoms with Crippen LogP contribution < -0.4 is 0 Å². The Morgan fingerprint density at radius 2 is 1.77 bits per heavy atom. The molecule has 13 heavy (non-hydrogen) atoms. The number of aliphatic hydroxyl groups excluding tert-OH is 3. The molecule has 0 aliphatic heterocycles. The molecule has 0 rings (SSSR count). The number of aldehydes is 1. The molecule has 0 unspecified atom stereocenters. The van der Waals surface area contributed by atoms with E-state index in [1.807, 2.05) is 0 Å². The average molecular weight is 210 g/mol. The molecule has 4 N–H and O–H groups in total. The summed E-state index contributed by atoms with van der Waals surface area (Å²) >= 11 is 3.55. The fraction of sp³-hybridized carbons (Fsp3) is 0.667. The molecule has 0 saturated carbocycles. The van der Waals surface area contributed by atoms with Crippen molar-refractivity contribution < 1.29 is 30.0 Å². The van der Waals surface area contributed by atoms with E-state index in [0.717, 1.165) is 0 Å². The summed E-state index contributed by atoms with van der Waals surface area (Å²) in [6.45, 7) is 0. The van der Waals surface area contributed by atoms with Crippen molar-refractivity contribution in [3.05, 3.63) is 0 Å². The minimum Gasteiger partial charge on any atom is -0.479 e. The predicted octanol–water partition coefficient (Wildman–Crippen LogP) is -2.35. The van der Waals surface area contributed by atoms with E-state index in [-0.39, 0.29) is 6.29 Å². The van der Waals surface area contributed by atoms with Crippen LogP contribution in [0.15, 0.2) is 0 Å². The fourth-order valence-corrected chi connectivity index (χ4v) is 0.919. The van der Waals surface area contributed by atoms with Gasteiger partial charge in [0, 0.05) is 0 Å². The molecule has 0 radical (unpaired) electrons. The summed E-state index contributed by atoms with van der Waals surface area (Å²) in [6.07, 6.45) is -5.38. The lowest BCUT2D eigenvalue weighted by Gasteiger charge is -2.21. The lowest BCUT2D eigenvalue weighted by atomic mass is 10.1. The van der Waals surface area contributed by atoms with E-state index in [4.69, 9.17) is 20.4 Å². The summed E-state index contributed by atoms with van der Waals surface area (Å²) in [4.78, 5) is 20.1. The second kappa shape index (κ2) is 5.18. The van der Waals surface area contributed by atoms with Crippen molar-refractivity contribution in [2.24, 2.45) is 0 Å². The van der Waals surface area contributed by atoms with Gasteiger partial charge in [-0.2, -0.15) is 12.6 Å². The van der Waals surface area contributed by atoms with Crippen LogP contribution in [-0.2, 0) is 9.59 Å². The molecule has 0 spiro atoms. The third-order valence-corrected chi connectivity index (χ3v) is 2.00. The van der Waals surface area contributed by atoms with Crippen molar-refractivity contribution in [1.29, 1.82) is 0 Å². The molecule has 0 aliphatic rings. The maximum Gasteiger partial charge on any atom is 0.333 e. The van der Waals surface area contributed by atoms with E-state index >= 15 is 0 Å². The van der Waals surface area contributed by atoms with Crippen molar-refractivity contribution in [3.63, 3.8) is 0 Å². The van der Waals surface area contributed by atoms with Gasteiger partial charge in [0.05, 0.1) is 5.25 Å². The molecule has 7 heteroatoms. The zero-order chi connectivity index (χ0) is 10.6.